The molecule has 0 radical (unpaired) electrons. The summed E-state index contributed by atoms with van der Waals surface area (Å²) in [7, 11) is 0. The van der Waals surface area contributed by atoms with Crippen LogP contribution < -0.4 is 0 Å². The lowest BCUT2D eigenvalue weighted by Gasteiger charge is -2.39. The number of ether oxygens (including phenoxy) is 1. The molecule has 40 heavy (non-hydrogen) atoms. The highest BCUT2D eigenvalue weighted by Gasteiger charge is 2.49. The minimum Gasteiger partial charge on any atom is -0.445 e. The molecule has 3 heterocycles. The Morgan fingerprint density at radius 1 is 0.900 bits per heavy atom. The molecule has 0 saturated carbocycles. The highest BCUT2D eigenvalue weighted by atomic mass is 16.7. The number of fused-ring (bicyclic) bond motifs is 1. The van der Waals surface area contributed by atoms with Crippen molar-refractivity contribution in [3.63, 3.8) is 0 Å². The molecule has 1 amide bonds. The van der Waals surface area contributed by atoms with Gasteiger partial charge in [0, 0.05) is 50.7 Å². The van der Waals surface area contributed by atoms with Crippen LogP contribution in [-0.4, -0.2) is 65.8 Å². The van der Waals surface area contributed by atoms with Crippen molar-refractivity contribution < 1.29 is 14.4 Å². The molecule has 6 nitrogen and oxygen atoms in total. The predicted molar refractivity (Wildman–Crippen MR) is 157 cm³/mol. The average molecular weight is 540 g/mol. The van der Waals surface area contributed by atoms with Gasteiger partial charge >= 0.3 is 6.09 Å². The normalized spacial score (nSPS) is 25.5. The predicted octanol–water partition coefficient (Wildman–Crippen LogP) is 6.27. The molecule has 6 rings (SSSR count). The van der Waals surface area contributed by atoms with E-state index in [1.54, 1.807) is 0 Å². The summed E-state index contributed by atoms with van der Waals surface area (Å²) in [5, 5.41) is 2.29. The smallest absolute Gasteiger partial charge is 0.410 e. The van der Waals surface area contributed by atoms with E-state index in [2.05, 4.69) is 77.6 Å². The second-order valence-corrected chi connectivity index (χ2v) is 11.4. The van der Waals surface area contributed by atoms with Crippen LogP contribution in [0.25, 0.3) is 0 Å². The highest BCUT2D eigenvalue weighted by molar-refractivity contribution is 5.68. The van der Waals surface area contributed by atoms with Crippen molar-refractivity contribution in [2.45, 2.75) is 56.9 Å². The molecule has 0 aliphatic carbocycles. The third-order valence-electron chi connectivity index (χ3n) is 9.12. The van der Waals surface area contributed by atoms with Gasteiger partial charge in [0.15, 0.2) is 0 Å². The number of hydrogen-bond acceptors (Lipinski definition) is 5. The summed E-state index contributed by atoms with van der Waals surface area (Å²) in [6, 6.07) is 32.2. The summed E-state index contributed by atoms with van der Waals surface area (Å²) in [6.45, 7) is 7.05. The Hall–Kier alpha value is -3.19. The number of nitrogens with zero attached hydrogens (tertiary/aromatic N) is 3. The molecule has 3 aromatic rings. The molecule has 0 bridgehead atoms. The molecular formula is C34H41N3O3. The maximum Gasteiger partial charge on any atom is 0.410 e. The largest absolute Gasteiger partial charge is 0.445 e. The summed E-state index contributed by atoms with van der Waals surface area (Å²) in [6.07, 6.45) is 2.93. The molecule has 210 valence electrons. The molecule has 0 unspecified atom stereocenters. The van der Waals surface area contributed by atoms with Gasteiger partial charge in [-0.15, -0.1) is 0 Å². The number of carbonyl (C=O) groups excluding carboxylic acids is 1. The fourth-order valence-corrected chi connectivity index (χ4v) is 7.00. The van der Waals surface area contributed by atoms with E-state index in [1.165, 1.54) is 11.1 Å². The summed E-state index contributed by atoms with van der Waals surface area (Å²) in [4.78, 5) is 24.0. The maximum absolute atomic E-state index is 13.0. The SMILES string of the molecule is CCN(C(=O)OCc1ccccc1)C1CCN(C[C@@H]2[C@@H](c3ccccc3)CN3O[C@H](c4ccccc4)C[C@@H]23)CC1. The van der Waals surface area contributed by atoms with Crippen LogP contribution in [0, 0.1) is 5.92 Å². The van der Waals surface area contributed by atoms with Gasteiger partial charge in [-0.2, -0.15) is 5.06 Å². The van der Waals surface area contributed by atoms with E-state index in [4.69, 9.17) is 9.57 Å². The van der Waals surface area contributed by atoms with Gasteiger partial charge in [0.1, 0.15) is 12.7 Å². The van der Waals surface area contributed by atoms with Crippen molar-refractivity contribution in [3.05, 3.63) is 108 Å². The quantitative estimate of drug-likeness (QED) is 0.338. The standard InChI is InChI=1S/C34H41N3O3/c1-2-36(34(38)39-25-26-12-6-3-7-13-26)29-18-20-35(21-19-29)23-31-30(27-14-8-4-9-15-27)24-37-32(31)22-33(40-37)28-16-10-5-11-17-28/h3-17,29-33H,2,18-25H2,1H3/t30-,31-,32+,33+/m1/s1. The zero-order chi connectivity index (χ0) is 27.3. The van der Waals surface area contributed by atoms with Crippen LogP contribution in [0.5, 0.6) is 0 Å². The van der Waals surface area contributed by atoms with Crippen molar-refractivity contribution in [1.29, 1.82) is 0 Å². The van der Waals surface area contributed by atoms with E-state index in [0.29, 0.717) is 31.0 Å². The van der Waals surface area contributed by atoms with Crippen LogP contribution in [0.3, 0.4) is 0 Å². The van der Waals surface area contributed by atoms with E-state index in [9.17, 15) is 4.79 Å². The molecule has 0 aromatic heterocycles. The number of likely N-dealkylation sites (tertiary alicyclic amines) is 1. The van der Waals surface area contributed by atoms with E-state index < -0.39 is 0 Å². The fraction of sp³-hybridized carbons (Fsp3) is 0.441. The Bertz CT molecular complexity index is 1220. The molecule has 3 aliphatic rings. The van der Waals surface area contributed by atoms with Crippen LogP contribution in [0.2, 0.25) is 0 Å². The van der Waals surface area contributed by atoms with E-state index >= 15 is 0 Å². The monoisotopic (exact) mass is 539 g/mol. The summed E-state index contributed by atoms with van der Waals surface area (Å²) in [5.74, 6) is 0.964. The summed E-state index contributed by atoms with van der Waals surface area (Å²) < 4.78 is 5.68. The molecule has 3 saturated heterocycles. The van der Waals surface area contributed by atoms with Gasteiger partial charge in [-0.3, -0.25) is 4.84 Å². The molecule has 0 spiro atoms. The van der Waals surface area contributed by atoms with Gasteiger partial charge in [0.2, 0.25) is 0 Å². The molecule has 3 aliphatic heterocycles. The average Bonchev–Trinajstić information content (AvgIpc) is 3.58. The lowest BCUT2D eigenvalue weighted by atomic mass is 9.82. The van der Waals surface area contributed by atoms with Crippen LogP contribution in [-0.2, 0) is 16.2 Å². The molecule has 4 atom stereocenters. The summed E-state index contributed by atoms with van der Waals surface area (Å²) >= 11 is 0. The zero-order valence-corrected chi connectivity index (χ0v) is 23.5. The number of piperidine rings is 1. The number of benzene rings is 3. The molecule has 0 N–H and O–H groups in total. The Labute approximate surface area is 238 Å². The first-order valence-corrected chi connectivity index (χ1v) is 14.9. The Morgan fingerprint density at radius 3 is 2.17 bits per heavy atom. The molecule has 3 fully saturated rings. The van der Waals surface area contributed by atoms with Crippen LogP contribution in [0.4, 0.5) is 4.79 Å². The van der Waals surface area contributed by atoms with Crippen LogP contribution >= 0.6 is 0 Å². The third kappa shape index (κ3) is 5.95. The Morgan fingerprint density at radius 2 is 1.52 bits per heavy atom. The summed E-state index contributed by atoms with van der Waals surface area (Å²) in [5.41, 5.74) is 3.70. The minimum atomic E-state index is -0.199. The van der Waals surface area contributed by atoms with E-state index in [-0.39, 0.29) is 18.2 Å². The lowest BCUT2D eigenvalue weighted by Crippen LogP contribution is -2.49. The van der Waals surface area contributed by atoms with Crippen LogP contribution in [0.15, 0.2) is 91.0 Å². The van der Waals surface area contributed by atoms with Crippen molar-refractivity contribution in [3.8, 4) is 0 Å². The van der Waals surface area contributed by atoms with Gasteiger partial charge in [-0.05, 0) is 48.8 Å². The number of hydroxylamine groups is 2. The van der Waals surface area contributed by atoms with Crippen molar-refractivity contribution in [2.75, 3.05) is 32.7 Å². The number of rotatable bonds is 8. The van der Waals surface area contributed by atoms with Gasteiger partial charge in [0.05, 0.1) is 0 Å². The Balaban J connectivity index is 1.08. The zero-order valence-electron chi connectivity index (χ0n) is 23.5. The highest BCUT2D eigenvalue weighted by Crippen LogP contribution is 2.47. The van der Waals surface area contributed by atoms with Gasteiger partial charge in [0.25, 0.3) is 0 Å². The maximum atomic E-state index is 13.0. The topological polar surface area (TPSA) is 45.2 Å². The van der Waals surface area contributed by atoms with Crippen LogP contribution in [0.1, 0.15) is 54.9 Å². The molecule has 3 aromatic carbocycles. The number of amides is 1. The second kappa shape index (κ2) is 12.5. The van der Waals surface area contributed by atoms with Gasteiger partial charge < -0.3 is 14.5 Å². The number of carbonyl (C=O) groups is 1. The fourth-order valence-electron chi connectivity index (χ4n) is 7.00. The van der Waals surface area contributed by atoms with Gasteiger partial charge in [-0.1, -0.05) is 91.0 Å². The second-order valence-electron chi connectivity index (χ2n) is 11.4. The van der Waals surface area contributed by atoms with E-state index in [1.807, 2.05) is 35.2 Å². The first-order valence-electron chi connectivity index (χ1n) is 14.9. The van der Waals surface area contributed by atoms with Crippen molar-refractivity contribution in [1.82, 2.24) is 14.9 Å². The van der Waals surface area contributed by atoms with Crippen molar-refractivity contribution in [2.24, 2.45) is 5.92 Å². The van der Waals surface area contributed by atoms with Crippen molar-refractivity contribution >= 4 is 6.09 Å². The number of hydrogen-bond donors (Lipinski definition) is 0. The lowest BCUT2D eigenvalue weighted by molar-refractivity contribution is -0.152. The van der Waals surface area contributed by atoms with Gasteiger partial charge in [-0.25, -0.2) is 4.79 Å². The molecule has 6 heteroatoms. The Kier molecular flexibility index (Phi) is 8.47. The molecular weight excluding hydrogens is 498 g/mol. The minimum absolute atomic E-state index is 0.135. The first-order chi connectivity index (χ1) is 19.7. The first kappa shape index (κ1) is 27.0. The third-order valence-corrected chi connectivity index (χ3v) is 9.12. The van der Waals surface area contributed by atoms with E-state index in [0.717, 1.165) is 51.0 Å².